The number of hydrogen-bond acceptors (Lipinski definition) is 10. The first-order valence-electron chi connectivity index (χ1n) is 13.4. The zero-order chi connectivity index (χ0) is 30.0. The number of rotatable bonds is 10. The number of nitrogen functional groups attached to an aromatic ring is 1. The lowest BCUT2D eigenvalue weighted by Crippen LogP contribution is -2.48. The normalized spacial score (nSPS) is 14.9. The topological polar surface area (TPSA) is 135 Å². The molecule has 1 atom stereocenters. The molecule has 12 nitrogen and oxygen atoms in total. The van der Waals surface area contributed by atoms with Crippen molar-refractivity contribution in [2.75, 3.05) is 87.5 Å². The minimum absolute atomic E-state index is 0.191. The smallest absolute Gasteiger partial charge is 0.256 e. The Morgan fingerprint density at radius 2 is 1.88 bits per heavy atom. The zero-order valence-corrected chi connectivity index (χ0v) is 24.5. The summed E-state index contributed by atoms with van der Waals surface area (Å²) in [6.07, 6.45) is 3.11. The first-order chi connectivity index (χ1) is 20.1. The van der Waals surface area contributed by atoms with Crippen molar-refractivity contribution < 1.29 is 22.5 Å². The van der Waals surface area contributed by atoms with Crippen LogP contribution in [0.25, 0.3) is 17.1 Å². The average Bonchev–Trinajstić information content (AvgIpc) is 3.65. The Labute approximate surface area is 244 Å². The summed E-state index contributed by atoms with van der Waals surface area (Å²) in [5.41, 5.74) is 7.30. The molecule has 224 valence electrons. The predicted molar refractivity (Wildman–Crippen MR) is 157 cm³/mol. The van der Waals surface area contributed by atoms with Crippen LogP contribution in [0.1, 0.15) is 10.4 Å². The maximum absolute atomic E-state index is 14.8. The van der Waals surface area contributed by atoms with E-state index in [0.29, 0.717) is 62.3 Å². The largest absolute Gasteiger partial charge is 0.617 e. The van der Waals surface area contributed by atoms with Gasteiger partial charge in [0.1, 0.15) is 23.1 Å². The van der Waals surface area contributed by atoms with Gasteiger partial charge in [0.2, 0.25) is 11.9 Å². The van der Waals surface area contributed by atoms with Crippen molar-refractivity contribution in [1.29, 1.82) is 0 Å². The van der Waals surface area contributed by atoms with E-state index in [1.54, 1.807) is 24.5 Å². The SMILES string of the molecule is CN(CC[S@+](C)[O-])C(=O)c1cc(N2CCN(CCN(C)c3nc(N)n4nc(-c5ccco5)cc4n3)CC2)c(F)cc1F. The van der Waals surface area contributed by atoms with Crippen molar-refractivity contribution in [1.82, 2.24) is 29.4 Å². The summed E-state index contributed by atoms with van der Waals surface area (Å²) in [6.45, 7) is 3.83. The Morgan fingerprint density at radius 3 is 2.57 bits per heavy atom. The van der Waals surface area contributed by atoms with Crippen LogP contribution in [0.5, 0.6) is 0 Å². The summed E-state index contributed by atoms with van der Waals surface area (Å²) in [4.78, 5) is 29.1. The standard InChI is InChI=1S/C27H33F2N9O3S/c1-34(12-14-42(3)40)25(39)18-15-22(20(29)16-19(18)28)37-10-8-36(9-11-37)7-6-35(2)27-31-24-17-21(23-5-4-13-41-23)33-38(24)26(30)32-27/h4-5,13,15-17H,6-12,14H2,1-3H3,(H2,30,31,32)/t42-/m0/s1. The molecule has 1 saturated heterocycles. The highest BCUT2D eigenvalue weighted by Crippen LogP contribution is 2.26. The van der Waals surface area contributed by atoms with Crippen LogP contribution in [0.15, 0.2) is 41.0 Å². The molecule has 1 fully saturated rings. The first-order valence-corrected chi connectivity index (χ1v) is 15.1. The van der Waals surface area contributed by atoms with E-state index < -0.39 is 28.7 Å². The van der Waals surface area contributed by atoms with E-state index in [1.807, 2.05) is 16.8 Å². The lowest BCUT2D eigenvalue weighted by molar-refractivity contribution is 0.0798. The second-order valence-corrected chi connectivity index (χ2v) is 11.8. The number of benzene rings is 1. The van der Waals surface area contributed by atoms with Crippen molar-refractivity contribution in [2.24, 2.45) is 0 Å². The minimum Gasteiger partial charge on any atom is -0.617 e. The molecule has 4 aromatic rings. The molecule has 1 aliphatic rings. The lowest BCUT2D eigenvalue weighted by Gasteiger charge is -2.37. The number of amides is 1. The van der Waals surface area contributed by atoms with Crippen LogP contribution < -0.4 is 15.5 Å². The average molecular weight is 602 g/mol. The summed E-state index contributed by atoms with van der Waals surface area (Å²) in [5, 5.41) is 4.42. The maximum Gasteiger partial charge on any atom is 0.256 e. The molecular weight excluding hydrogens is 568 g/mol. The monoisotopic (exact) mass is 601 g/mol. The number of halogens is 2. The molecule has 15 heteroatoms. The van der Waals surface area contributed by atoms with Gasteiger partial charge in [0.05, 0.1) is 30.3 Å². The van der Waals surface area contributed by atoms with Gasteiger partial charge < -0.3 is 29.4 Å². The lowest BCUT2D eigenvalue weighted by atomic mass is 10.1. The molecule has 1 aliphatic heterocycles. The minimum atomic E-state index is -1.09. The Bertz CT molecular complexity index is 1540. The van der Waals surface area contributed by atoms with Crippen molar-refractivity contribution in [3.05, 3.63) is 53.8 Å². The summed E-state index contributed by atoms with van der Waals surface area (Å²) in [6, 6.07) is 7.41. The molecule has 4 heterocycles. The van der Waals surface area contributed by atoms with E-state index in [2.05, 4.69) is 20.0 Å². The summed E-state index contributed by atoms with van der Waals surface area (Å²) < 4.78 is 47.6. The second-order valence-electron chi connectivity index (χ2n) is 10.2. The highest BCUT2D eigenvalue weighted by Gasteiger charge is 2.25. The van der Waals surface area contributed by atoms with Gasteiger partial charge in [0.15, 0.2) is 11.4 Å². The molecule has 1 amide bonds. The van der Waals surface area contributed by atoms with Crippen molar-refractivity contribution in [2.45, 2.75) is 0 Å². The predicted octanol–water partition coefficient (Wildman–Crippen LogP) is 1.95. The molecule has 2 N–H and O–H groups in total. The maximum atomic E-state index is 14.8. The van der Waals surface area contributed by atoms with Gasteiger partial charge in [-0.3, -0.25) is 9.69 Å². The van der Waals surface area contributed by atoms with Gasteiger partial charge in [-0.1, -0.05) is 11.2 Å². The number of piperazine rings is 1. The van der Waals surface area contributed by atoms with Gasteiger partial charge in [-0.05, 0) is 18.2 Å². The molecule has 42 heavy (non-hydrogen) atoms. The van der Waals surface area contributed by atoms with Crippen molar-refractivity contribution in [3.8, 4) is 11.5 Å². The fourth-order valence-electron chi connectivity index (χ4n) is 4.73. The van der Waals surface area contributed by atoms with E-state index in [-0.39, 0.29) is 29.5 Å². The number of carbonyl (C=O) groups is 1. The molecule has 0 radical (unpaired) electrons. The number of furan rings is 1. The fraction of sp³-hybridized carbons (Fsp3) is 0.407. The third kappa shape index (κ3) is 6.42. The van der Waals surface area contributed by atoms with Gasteiger partial charge in [0, 0.05) is 65.5 Å². The molecule has 0 aliphatic carbocycles. The Morgan fingerprint density at radius 1 is 1.12 bits per heavy atom. The third-order valence-electron chi connectivity index (χ3n) is 7.24. The van der Waals surface area contributed by atoms with Crippen LogP contribution >= 0.6 is 0 Å². The Hall–Kier alpha value is -3.95. The highest BCUT2D eigenvalue weighted by molar-refractivity contribution is 7.90. The summed E-state index contributed by atoms with van der Waals surface area (Å²) in [5.74, 6) is -0.648. The number of nitrogens with zero attached hydrogens (tertiary/aromatic N) is 8. The van der Waals surface area contributed by atoms with Crippen LogP contribution in [-0.4, -0.2) is 112 Å². The van der Waals surface area contributed by atoms with Gasteiger partial charge in [0.25, 0.3) is 5.91 Å². The molecule has 5 rings (SSSR count). The number of nitrogens with two attached hydrogens (primary N) is 1. The van der Waals surface area contributed by atoms with Gasteiger partial charge in [-0.15, -0.1) is 0 Å². The first kappa shape index (κ1) is 29.5. The summed E-state index contributed by atoms with van der Waals surface area (Å²) >= 11 is -1.09. The van der Waals surface area contributed by atoms with E-state index in [4.69, 9.17) is 10.2 Å². The highest BCUT2D eigenvalue weighted by atomic mass is 32.2. The number of anilines is 3. The molecule has 3 aromatic heterocycles. The van der Waals surface area contributed by atoms with Crippen LogP contribution in [0.2, 0.25) is 0 Å². The molecule has 0 spiro atoms. The Kier molecular flexibility index (Phi) is 8.80. The zero-order valence-electron chi connectivity index (χ0n) is 23.7. The number of fused-ring (bicyclic) bond motifs is 1. The number of carbonyl (C=O) groups excluding carboxylic acids is 1. The van der Waals surface area contributed by atoms with Crippen LogP contribution in [-0.2, 0) is 11.2 Å². The second kappa shape index (κ2) is 12.5. The van der Waals surface area contributed by atoms with Gasteiger partial charge in [-0.2, -0.15) is 19.6 Å². The van der Waals surface area contributed by atoms with E-state index in [1.165, 1.54) is 28.8 Å². The molecule has 0 unspecified atom stereocenters. The van der Waals surface area contributed by atoms with E-state index >= 15 is 0 Å². The number of hydrogen-bond donors (Lipinski definition) is 1. The van der Waals surface area contributed by atoms with E-state index in [0.717, 1.165) is 6.07 Å². The van der Waals surface area contributed by atoms with Gasteiger partial charge in [-0.25, -0.2) is 8.78 Å². The Balaban J connectivity index is 1.18. The van der Waals surface area contributed by atoms with Crippen molar-refractivity contribution >= 4 is 40.3 Å². The quantitative estimate of drug-likeness (QED) is 0.269. The van der Waals surface area contributed by atoms with Crippen LogP contribution in [0.4, 0.5) is 26.4 Å². The summed E-state index contributed by atoms with van der Waals surface area (Å²) in [7, 11) is 3.39. The molecule has 1 aromatic carbocycles. The third-order valence-corrected chi connectivity index (χ3v) is 8.00. The number of likely N-dealkylation sites (N-methyl/N-ethyl adjacent to an activating group) is 1. The fourth-order valence-corrected chi connectivity index (χ4v) is 5.26. The van der Waals surface area contributed by atoms with Crippen LogP contribution in [0, 0.1) is 11.6 Å². The molecule has 0 bridgehead atoms. The van der Waals surface area contributed by atoms with E-state index in [9.17, 15) is 18.1 Å². The molecular formula is C27H33F2N9O3S. The van der Waals surface area contributed by atoms with Crippen molar-refractivity contribution in [3.63, 3.8) is 0 Å². The number of aromatic nitrogens is 4. The molecule has 0 saturated carbocycles. The van der Waals surface area contributed by atoms with Crippen LogP contribution in [0.3, 0.4) is 0 Å². The van der Waals surface area contributed by atoms with Gasteiger partial charge >= 0.3 is 0 Å².